The van der Waals surface area contributed by atoms with Crippen molar-refractivity contribution < 1.29 is 14.7 Å². The largest absolute Gasteiger partial charge is 0.480 e. The van der Waals surface area contributed by atoms with Gasteiger partial charge in [-0.2, -0.15) is 0 Å². The molecule has 3 aromatic heterocycles. The van der Waals surface area contributed by atoms with Crippen LogP contribution in [-0.2, 0) is 23.1 Å². The minimum Gasteiger partial charge on any atom is -0.480 e. The third-order valence-electron chi connectivity index (χ3n) is 4.64. The average Bonchev–Trinajstić information content (AvgIpc) is 3.46. The summed E-state index contributed by atoms with van der Waals surface area (Å²) in [5.41, 5.74) is 1.78. The molecule has 1 amide bonds. The minimum absolute atomic E-state index is 0.0497. The van der Waals surface area contributed by atoms with Gasteiger partial charge < -0.3 is 20.0 Å². The lowest BCUT2D eigenvalue weighted by Gasteiger charge is -2.14. The Balaban J connectivity index is 1.39. The summed E-state index contributed by atoms with van der Waals surface area (Å²) in [7, 11) is 1.84. The van der Waals surface area contributed by atoms with E-state index in [4.69, 9.17) is 0 Å². The molecule has 10 heteroatoms. The van der Waals surface area contributed by atoms with Crippen molar-refractivity contribution in [1.82, 2.24) is 25.1 Å². The van der Waals surface area contributed by atoms with Crippen LogP contribution in [0.15, 0.2) is 53.1 Å². The highest BCUT2D eigenvalue weighted by Gasteiger charge is 2.22. The second-order valence-electron chi connectivity index (χ2n) is 6.65. The van der Waals surface area contributed by atoms with Crippen molar-refractivity contribution in [2.75, 3.05) is 5.75 Å². The van der Waals surface area contributed by atoms with E-state index >= 15 is 0 Å². The van der Waals surface area contributed by atoms with Crippen LogP contribution in [0.1, 0.15) is 5.56 Å². The molecule has 0 bridgehead atoms. The highest BCUT2D eigenvalue weighted by atomic mass is 32.2. The van der Waals surface area contributed by atoms with E-state index in [-0.39, 0.29) is 18.1 Å². The van der Waals surface area contributed by atoms with Crippen LogP contribution in [0.25, 0.3) is 21.6 Å². The maximum Gasteiger partial charge on any atom is 0.326 e. The molecule has 0 saturated carbocycles. The minimum atomic E-state index is -1.07. The molecule has 4 aromatic rings. The van der Waals surface area contributed by atoms with Gasteiger partial charge in [0.25, 0.3) is 0 Å². The van der Waals surface area contributed by atoms with Crippen molar-refractivity contribution in [2.24, 2.45) is 7.05 Å². The fourth-order valence-corrected chi connectivity index (χ4v) is 4.61. The molecule has 0 spiro atoms. The van der Waals surface area contributed by atoms with Crippen molar-refractivity contribution in [3.63, 3.8) is 0 Å². The number of amides is 1. The zero-order chi connectivity index (χ0) is 21.1. The van der Waals surface area contributed by atoms with Crippen LogP contribution < -0.4 is 5.32 Å². The van der Waals surface area contributed by atoms with E-state index in [0.29, 0.717) is 5.16 Å². The fourth-order valence-electron chi connectivity index (χ4n) is 3.15. The molecule has 154 valence electrons. The van der Waals surface area contributed by atoms with E-state index < -0.39 is 12.0 Å². The summed E-state index contributed by atoms with van der Waals surface area (Å²) in [4.78, 5) is 28.2. The number of H-pyrrole nitrogens is 1. The maximum atomic E-state index is 12.4. The number of carboxylic acids is 1. The van der Waals surface area contributed by atoms with Gasteiger partial charge in [-0.15, -0.1) is 21.5 Å². The van der Waals surface area contributed by atoms with Crippen molar-refractivity contribution >= 4 is 45.9 Å². The Hall–Kier alpha value is -3.11. The predicted octanol–water partition coefficient (Wildman–Crippen LogP) is 2.93. The van der Waals surface area contributed by atoms with E-state index in [2.05, 4.69) is 20.5 Å². The number of nitrogens with zero attached hydrogens (tertiary/aromatic N) is 3. The summed E-state index contributed by atoms with van der Waals surface area (Å²) in [6.07, 6.45) is 1.98. The molecule has 3 N–H and O–H groups in total. The summed E-state index contributed by atoms with van der Waals surface area (Å²) in [6.45, 7) is 0. The second-order valence-corrected chi connectivity index (χ2v) is 8.54. The van der Waals surface area contributed by atoms with Gasteiger partial charge in [0.15, 0.2) is 11.0 Å². The number of carboxylic acid groups (broad SMARTS) is 1. The van der Waals surface area contributed by atoms with E-state index in [9.17, 15) is 14.7 Å². The Morgan fingerprint density at radius 2 is 2.10 bits per heavy atom. The standard InChI is InChI=1S/C20H19N5O3S2/c1-25-18(16-7-4-8-29-16)23-24-20(25)30-11-17(26)22-15(19(27)28)9-12-10-21-14-6-3-2-5-13(12)14/h2-8,10,15,21H,9,11H2,1H3,(H,22,26)(H,27,28)/t15-/m1/s1. The molecule has 0 fully saturated rings. The number of nitrogens with one attached hydrogen (secondary N) is 2. The van der Waals surface area contributed by atoms with E-state index in [1.807, 2.05) is 53.4 Å². The molecule has 1 aromatic carbocycles. The number of carbonyl (C=O) groups excluding carboxylic acids is 1. The number of hydrogen-bond acceptors (Lipinski definition) is 6. The molecule has 4 rings (SSSR count). The third-order valence-corrected chi connectivity index (χ3v) is 6.53. The first kappa shape index (κ1) is 20.2. The summed E-state index contributed by atoms with van der Waals surface area (Å²) >= 11 is 2.78. The van der Waals surface area contributed by atoms with Gasteiger partial charge in [0.2, 0.25) is 5.91 Å². The maximum absolute atomic E-state index is 12.4. The Kier molecular flexibility index (Phi) is 5.86. The monoisotopic (exact) mass is 441 g/mol. The lowest BCUT2D eigenvalue weighted by atomic mass is 10.1. The number of para-hydroxylation sites is 1. The van der Waals surface area contributed by atoms with E-state index in [1.165, 1.54) is 11.8 Å². The molecule has 0 aliphatic rings. The normalized spacial score (nSPS) is 12.2. The molecule has 30 heavy (non-hydrogen) atoms. The molecule has 0 saturated heterocycles. The van der Waals surface area contributed by atoms with Crippen LogP contribution in [0.5, 0.6) is 0 Å². The van der Waals surface area contributed by atoms with Crippen molar-refractivity contribution in [2.45, 2.75) is 17.6 Å². The summed E-state index contributed by atoms with van der Waals surface area (Å²) < 4.78 is 1.82. The van der Waals surface area contributed by atoms with Crippen molar-refractivity contribution in [1.29, 1.82) is 0 Å². The fraction of sp³-hybridized carbons (Fsp3) is 0.200. The number of thioether (sulfide) groups is 1. The van der Waals surface area contributed by atoms with Crippen LogP contribution in [0.2, 0.25) is 0 Å². The average molecular weight is 442 g/mol. The molecule has 1 atom stereocenters. The van der Waals surface area contributed by atoms with E-state index in [1.54, 1.807) is 17.5 Å². The van der Waals surface area contributed by atoms with Gasteiger partial charge in [-0.3, -0.25) is 4.79 Å². The topological polar surface area (TPSA) is 113 Å². The van der Waals surface area contributed by atoms with Gasteiger partial charge in [-0.1, -0.05) is 36.0 Å². The number of thiophene rings is 1. The third kappa shape index (κ3) is 4.24. The molecule has 0 unspecified atom stereocenters. The van der Waals surface area contributed by atoms with Crippen LogP contribution in [0.4, 0.5) is 0 Å². The quantitative estimate of drug-likeness (QED) is 0.363. The number of fused-ring (bicyclic) bond motifs is 1. The number of hydrogen-bond donors (Lipinski definition) is 3. The number of aliphatic carboxylic acids is 1. The summed E-state index contributed by atoms with van der Waals surface area (Å²) in [5.74, 6) is -0.658. The zero-order valence-corrected chi connectivity index (χ0v) is 17.7. The lowest BCUT2D eigenvalue weighted by molar-refractivity contribution is -0.141. The molecule has 3 heterocycles. The number of carbonyl (C=O) groups is 2. The van der Waals surface area contributed by atoms with E-state index in [0.717, 1.165) is 27.2 Å². The Morgan fingerprint density at radius 3 is 2.87 bits per heavy atom. The van der Waals surface area contributed by atoms with Crippen LogP contribution in [0.3, 0.4) is 0 Å². The van der Waals surface area contributed by atoms with Gasteiger partial charge in [0.1, 0.15) is 6.04 Å². The van der Waals surface area contributed by atoms with Gasteiger partial charge in [-0.05, 0) is 23.1 Å². The van der Waals surface area contributed by atoms with Crippen LogP contribution >= 0.6 is 23.1 Å². The van der Waals surface area contributed by atoms with Gasteiger partial charge in [0.05, 0.1) is 10.6 Å². The number of benzene rings is 1. The number of aromatic amines is 1. The Labute approximate surface area is 180 Å². The molecule has 0 aliphatic heterocycles. The summed E-state index contributed by atoms with van der Waals surface area (Å²) in [6, 6.07) is 10.5. The smallest absolute Gasteiger partial charge is 0.326 e. The lowest BCUT2D eigenvalue weighted by Crippen LogP contribution is -2.43. The first-order chi connectivity index (χ1) is 14.5. The highest BCUT2D eigenvalue weighted by molar-refractivity contribution is 7.99. The molecular formula is C20H19N5O3S2. The number of rotatable bonds is 8. The SMILES string of the molecule is Cn1c(SCC(=O)N[C@H](Cc2c[nH]c3ccccc23)C(=O)O)nnc1-c1cccs1. The second kappa shape index (κ2) is 8.72. The molecule has 8 nitrogen and oxygen atoms in total. The van der Waals surface area contributed by atoms with Gasteiger partial charge in [-0.25, -0.2) is 4.79 Å². The van der Waals surface area contributed by atoms with Crippen LogP contribution in [-0.4, -0.2) is 48.5 Å². The first-order valence-electron chi connectivity index (χ1n) is 9.16. The van der Waals surface area contributed by atoms with Crippen molar-refractivity contribution in [3.05, 3.63) is 53.5 Å². The highest BCUT2D eigenvalue weighted by Crippen LogP contribution is 2.26. The van der Waals surface area contributed by atoms with Gasteiger partial charge in [0, 0.05) is 30.6 Å². The Morgan fingerprint density at radius 1 is 1.27 bits per heavy atom. The molecule has 0 aliphatic carbocycles. The Bertz CT molecular complexity index is 1180. The van der Waals surface area contributed by atoms with Crippen LogP contribution in [0, 0.1) is 0 Å². The molecular weight excluding hydrogens is 422 g/mol. The number of aromatic nitrogens is 4. The predicted molar refractivity (Wildman–Crippen MR) is 117 cm³/mol. The first-order valence-corrected chi connectivity index (χ1v) is 11.0. The van der Waals surface area contributed by atoms with Crippen molar-refractivity contribution in [3.8, 4) is 10.7 Å². The van der Waals surface area contributed by atoms with Gasteiger partial charge >= 0.3 is 5.97 Å². The zero-order valence-electron chi connectivity index (χ0n) is 16.0. The summed E-state index contributed by atoms with van der Waals surface area (Å²) in [5, 5.41) is 24.0. The molecule has 0 radical (unpaired) electrons.